The summed E-state index contributed by atoms with van der Waals surface area (Å²) in [6.45, 7) is 2.22. The minimum atomic E-state index is -0.941. The number of hydrogen-bond donors (Lipinski definition) is 3. The van der Waals surface area contributed by atoms with Crippen LogP contribution in [0.1, 0.15) is 27.5 Å². The zero-order valence-corrected chi connectivity index (χ0v) is 11.5. The predicted octanol–water partition coefficient (Wildman–Crippen LogP) is 2.94. The number of rotatable bonds is 3. The number of carboxylic acids is 1. The zero-order chi connectivity index (χ0) is 15.0. The Morgan fingerprint density at radius 3 is 2.90 bits per heavy atom. The number of phenolic OH excluding ortho intramolecular Hbond substituents is 1. The smallest absolute Gasteiger partial charge is 0.336 e. The lowest BCUT2D eigenvalue weighted by molar-refractivity contribution is 0.0696. The van der Waals surface area contributed by atoms with Gasteiger partial charge in [0.25, 0.3) is 0 Å². The number of aromatic hydroxyl groups is 1. The van der Waals surface area contributed by atoms with Crippen molar-refractivity contribution in [2.24, 2.45) is 0 Å². The fraction of sp³-hybridized carbons (Fsp3) is 0.188. The Morgan fingerprint density at radius 2 is 2.14 bits per heavy atom. The second-order valence-electron chi connectivity index (χ2n) is 5.01. The third-order valence-corrected chi connectivity index (χ3v) is 3.67. The molecule has 0 fully saturated rings. The summed E-state index contributed by atoms with van der Waals surface area (Å²) < 4.78 is 5.54. The molecule has 5 nitrogen and oxygen atoms in total. The lowest BCUT2D eigenvalue weighted by Gasteiger charge is -2.16. The van der Waals surface area contributed by atoms with E-state index in [1.54, 1.807) is 31.2 Å². The van der Waals surface area contributed by atoms with Crippen molar-refractivity contribution in [1.82, 2.24) is 0 Å². The van der Waals surface area contributed by atoms with Crippen LogP contribution in [-0.2, 0) is 0 Å². The molecule has 0 bridgehead atoms. The molecule has 3 rings (SSSR count). The summed E-state index contributed by atoms with van der Waals surface area (Å²) in [5, 5.41) is 21.9. The Bertz CT molecular complexity index is 711. The molecule has 1 aliphatic rings. The lowest BCUT2D eigenvalue weighted by Crippen LogP contribution is -2.14. The number of fused-ring (bicyclic) bond motifs is 1. The molecule has 2 aromatic rings. The highest BCUT2D eigenvalue weighted by atomic mass is 16.5. The molecule has 0 spiro atoms. The van der Waals surface area contributed by atoms with Crippen LogP contribution >= 0.6 is 0 Å². The number of carboxylic acid groups (broad SMARTS) is 1. The highest BCUT2D eigenvalue weighted by molar-refractivity contribution is 5.91. The van der Waals surface area contributed by atoms with Crippen molar-refractivity contribution in [3.05, 3.63) is 53.1 Å². The first-order valence-electron chi connectivity index (χ1n) is 6.61. The quantitative estimate of drug-likeness (QED) is 0.808. The molecule has 0 aromatic heterocycles. The van der Waals surface area contributed by atoms with Crippen molar-refractivity contribution >= 4 is 11.7 Å². The first kappa shape index (κ1) is 13.3. The molecule has 5 heteroatoms. The number of aromatic carboxylic acids is 1. The fourth-order valence-electron chi connectivity index (χ4n) is 2.53. The van der Waals surface area contributed by atoms with Gasteiger partial charge in [0, 0.05) is 17.3 Å². The van der Waals surface area contributed by atoms with Crippen LogP contribution in [0.25, 0.3) is 0 Å². The molecule has 21 heavy (non-hydrogen) atoms. The molecule has 2 aromatic carbocycles. The molecule has 0 saturated carbocycles. The molecule has 1 atom stereocenters. The van der Waals surface area contributed by atoms with E-state index < -0.39 is 5.97 Å². The van der Waals surface area contributed by atoms with Gasteiger partial charge in [0.2, 0.25) is 0 Å². The van der Waals surface area contributed by atoms with Gasteiger partial charge in [0.05, 0.1) is 11.6 Å². The Kier molecular flexibility index (Phi) is 3.17. The highest BCUT2D eigenvalue weighted by Gasteiger charge is 2.25. The molecule has 1 unspecified atom stereocenters. The Morgan fingerprint density at radius 1 is 1.33 bits per heavy atom. The molecular formula is C16H15NO4. The third-order valence-electron chi connectivity index (χ3n) is 3.67. The Balaban J connectivity index is 1.90. The number of anilines is 1. The largest absolute Gasteiger partial charge is 0.508 e. The SMILES string of the molecule is Cc1c(NC2COc3cc(O)ccc32)cccc1C(=O)O. The van der Waals surface area contributed by atoms with Crippen LogP contribution in [0.5, 0.6) is 11.5 Å². The van der Waals surface area contributed by atoms with Gasteiger partial charge in [-0.1, -0.05) is 6.07 Å². The van der Waals surface area contributed by atoms with Gasteiger partial charge in [0.15, 0.2) is 0 Å². The molecule has 3 N–H and O–H groups in total. The number of phenols is 1. The van der Waals surface area contributed by atoms with Crippen molar-refractivity contribution in [3.8, 4) is 11.5 Å². The van der Waals surface area contributed by atoms with E-state index in [0.717, 1.165) is 11.3 Å². The number of benzene rings is 2. The molecule has 0 aliphatic carbocycles. The lowest BCUT2D eigenvalue weighted by atomic mass is 10.0. The van der Waals surface area contributed by atoms with Crippen LogP contribution in [0, 0.1) is 6.92 Å². The van der Waals surface area contributed by atoms with Crippen molar-refractivity contribution in [1.29, 1.82) is 0 Å². The monoisotopic (exact) mass is 285 g/mol. The van der Waals surface area contributed by atoms with E-state index in [0.29, 0.717) is 17.9 Å². The molecule has 0 radical (unpaired) electrons. The first-order valence-corrected chi connectivity index (χ1v) is 6.61. The number of carbonyl (C=O) groups is 1. The summed E-state index contributed by atoms with van der Waals surface area (Å²) >= 11 is 0. The van der Waals surface area contributed by atoms with Crippen molar-refractivity contribution in [3.63, 3.8) is 0 Å². The van der Waals surface area contributed by atoms with Crippen molar-refractivity contribution in [2.75, 3.05) is 11.9 Å². The molecule has 1 heterocycles. The summed E-state index contributed by atoms with van der Waals surface area (Å²) in [4.78, 5) is 11.2. The van der Waals surface area contributed by atoms with Crippen LogP contribution < -0.4 is 10.1 Å². The van der Waals surface area contributed by atoms with Gasteiger partial charge in [-0.2, -0.15) is 0 Å². The van der Waals surface area contributed by atoms with E-state index in [1.807, 2.05) is 12.1 Å². The predicted molar refractivity (Wildman–Crippen MR) is 78.1 cm³/mol. The highest BCUT2D eigenvalue weighted by Crippen LogP contribution is 2.37. The second kappa shape index (κ2) is 5.01. The van der Waals surface area contributed by atoms with E-state index in [9.17, 15) is 9.90 Å². The minimum Gasteiger partial charge on any atom is -0.508 e. The van der Waals surface area contributed by atoms with Gasteiger partial charge in [0.1, 0.15) is 18.1 Å². The first-order chi connectivity index (χ1) is 10.1. The summed E-state index contributed by atoms with van der Waals surface area (Å²) in [6.07, 6.45) is 0. The molecule has 0 saturated heterocycles. The topological polar surface area (TPSA) is 78.8 Å². The van der Waals surface area contributed by atoms with E-state index >= 15 is 0 Å². The molecule has 0 amide bonds. The minimum absolute atomic E-state index is 0.0663. The Labute approximate surface area is 121 Å². The van der Waals surface area contributed by atoms with Gasteiger partial charge in [-0.15, -0.1) is 0 Å². The zero-order valence-electron chi connectivity index (χ0n) is 11.5. The van der Waals surface area contributed by atoms with Gasteiger partial charge < -0.3 is 20.3 Å². The normalized spacial score (nSPS) is 16.1. The number of hydrogen-bond acceptors (Lipinski definition) is 4. The summed E-state index contributed by atoms with van der Waals surface area (Å²) in [7, 11) is 0. The maximum absolute atomic E-state index is 11.2. The van der Waals surface area contributed by atoms with Crippen LogP contribution in [0.2, 0.25) is 0 Å². The number of nitrogens with one attached hydrogen (secondary N) is 1. The van der Waals surface area contributed by atoms with Crippen molar-refractivity contribution < 1.29 is 19.7 Å². The maximum atomic E-state index is 11.2. The molecule has 108 valence electrons. The van der Waals surface area contributed by atoms with Crippen molar-refractivity contribution in [2.45, 2.75) is 13.0 Å². The summed E-state index contributed by atoms with van der Waals surface area (Å²) in [5.74, 6) is -0.123. The van der Waals surface area contributed by atoms with Crippen LogP contribution in [-0.4, -0.2) is 22.8 Å². The van der Waals surface area contributed by atoms with E-state index in [2.05, 4.69) is 5.32 Å². The van der Waals surface area contributed by atoms with Gasteiger partial charge >= 0.3 is 5.97 Å². The average molecular weight is 285 g/mol. The van der Waals surface area contributed by atoms with Gasteiger partial charge in [-0.3, -0.25) is 0 Å². The summed E-state index contributed by atoms with van der Waals surface area (Å²) in [6, 6.07) is 10.1. The van der Waals surface area contributed by atoms with Gasteiger partial charge in [-0.25, -0.2) is 4.79 Å². The Hall–Kier alpha value is -2.69. The van der Waals surface area contributed by atoms with Gasteiger partial charge in [-0.05, 0) is 36.8 Å². The standard InChI is InChI=1S/C16H15NO4/c1-9-11(16(19)20)3-2-4-13(9)17-14-8-21-15-7-10(18)5-6-12(14)15/h2-7,14,17-18H,8H2,1H3,(H,19,20). The average Bonchev–Trinajstić information content (AvgIpc) is 2.83. The fourth-order valence-corrected chi connectivity index (χ4v) is 2.53. The summed E-state index contributed by atoms with van der Waals surface area (Å²) in [5.41, 5.74) is 2.69. The molecule has 1 aliphatic heterocycles. The molecular weight excluding hydrogens is 270 g/mol. The maximum Gasteiger partial charge on any atom is 0.336 e. The van der Waals surface area contributed by atoms with Crippen LogP contribution in [0.4, 0.5) is 5.69 Å². The van der Waals surface area contributed by atoms with E-state index in [1.165, 1.54) is 0 Å². The third kappa shape index (κ3) is 2.38. The van der Waals surface area contributed by atoms with Crippen LogP contribution in [0.15, 0.2) is 36.4 Å². The number of ether oxygens (including phenoxy) is 1. The van der Waals surface area contributed by atoms with Crippen LogP contribution in [0.3, 0.4) is 0 Å². The van der Waals surface area contributed by atoms with E-state index in [-0.39, 0.29) is 17.4 Å². The van der Waals surface area contributed by atoms with E-state index in [4.69, 9.17) is 9.84 Å². The second-order valence-corrected chi connectivity index (χ2v) is 5.01.